The van der Waals surface area contributed by atoms with Crippen molar-refractivity contribution in [1.29, 1.82) is 0 Å². The Morgan fingerprint density at radius 3 is 2.59 bits per heavy atom. The van der Waals surface area contributed by atoms with Crippen LogP contribution in [0.2, 0.25) is 0 Å². The van der Waals surface area contributed by atoms with Crippen molar-refractivity contribution in [2.24, 2.45) is 0 Å². The van der Waals surface area contributed by atoms with Gasteiger partial charge in [0.1, 0.15) is 18.4 Å². The van der Waals surface area contributed by atoms with Crippen LogP contribution in [-0.4, -0.2) is 66.7 Å². The molecule has 1 heterocycles. The number of aliphatic hydroxyl groups is 1. The van der Waals surface area contributed by atoms with E-state index in [0.29, 0.717) is 12.2 Å². The highest BCUT2D eigenvalue weighted by molar-refractivity contribution is 7.91. The second-order valence-corrected chi connectivity index (χ2v) is 11.6. The van der Waals surface area contributed by atoms with Crippen molar-refractivity contribution in [2.75, 3.05) is 24.7 Å². The van der Waals surface area contributed by atoms with Crippen molar-refractivity contribution < 1.29 is 27.9 Å². The van der Waals surface area contributed by atoms with Gasteiger partial charge in [-0.15, -0.1) is 0 Å². The van der Waals surface area contributed by atoms with Gasteiger partial charge >= 0.3 is 6.03 Å². The highest BCUT2D eigenvalue weighted by Crippen LogP contribution is 2.50. The molecule has 0 spiro atoms. The minimum atomic E-state index is -3.28. The van der Waals surface area contributed by atoms with E-state index in [9.17, 15) is 23.1 Å². The minimum absolute atomic E-state index is 0.0286. The molecule has 1 saturated heterocycles. The summed E-state index contributed by atoms with van der Waals surface area (Å²) in [7, 11) is -3.28. The highest BCUT2D eigenvalue weighted by atomic mass is 32.2. The largest absolute Gasteiger partial charge is 0.491 e. The van der Waals surface area contributed by atoms with E-state index in [-0.39, 0.29) is 36.0 Å². The Balaban J connectivity index is 1.53. The first-order valence-corrected chi connectivity index (χ1v) is 12.7. The first-order chi connectivity index (χ1) is 14.9. The Labute approximate surface area is 189 Å². The summed E-state index contributed by atoms with van der Waals surface area (Å²) < 4.78 is 31.2. The number of imide groups is 1. The number of carbonyl (C=O) groups excluding carboxylic acids is 2. The molecular formula is C23H32N2O6S. The number of amides is 3. The number of rotatable bonds is 11. The Bertz CT molecular complexity index is 992. The molecule has 3 rings (SSSR count). The number of hydrogen-bond acceptors (Lipinski definition) is 6. The van der Waals surface area contributed by atoms with Gasteiger partial charge in [0.15, 0.2) is 9.84 Å². The molecule has 8 nitrogen and oxygen atoms in total. The molecule has 1 aromatic rings. The molecule has 1 aliphatic carbocycles. The van der Waals surface area contributed by atoms with Gasteiger partial charge in [-0.3, -0.25) is 10.1 Å². The van der Waals surface area contributed by atoms with Gasteiger partial charge in [0.25, 0.3) is 5.91 Å². The molecule has 1 aromatic carbocycles. The fourth-order valence-electron chi connectivity index (χ4n) is 3.73. The van der Waals surface area contributed by atoms with Gasteiger partial charge in [0.2, 0.25) is 0 Å². The first kappa shape index (κ1) is 24.3. The molecule has 2 fully saturated rings. The molecule has 0 radical (unpaired) electrons. The number of nitrogens with one attached hydrogen (secondary N) is 1. The summed E-state index contributed by atoms with van der Waals surface area (Å²) in [6.07, 6.45) is 5.44. The number of ether oxygens (including phenoxy) is 1. The Kier molecular flexibility index (Phi) is 7.00. The highest BCUT2D eigenvalue weighted by Gasteiger charge is 2.47. The molecule has 9 heteroatoms. The predicted octanol–water partition coefficient (Wildman–Crippen LogP) is 2.17. The number of nitrogens with zero attached hydrogens (tertiary/aromatic N) is 1. The van der Waals surface area contributed by atoms with Crippen LogP contribution in [0, 0.1) is 0 Å². The van der Waals surface area contributed by atoms with Crippen molar-refractivity contribution in [1.82, 2.24) is 10.2 Å². The number of carbonyl (C=O) groups is 2. The maximum Gasteiger partial charge on any atom is 0.325 e. The fourth-order valence-corrected chi connectivity index (χ4v) is 5.67. The molecule has 1 aliphatic heterocycles. The van der Waals surface area contributed by atoms with Gasteiger partial charge in [0.05, 0.1) is 17.1 Å². The maximum absolute atomic E-state index is 12.8. The van der Waals surface area contributed by atoms with Crippen LogP contribution >= 0.6 is 0 Å². The van der Waals surface area contributed by atoms with Gasteiger partial charge in [-0.05, 0) is 57.7 Å². The van der Waals surface area contributed by atoms with Crippen molar-refractivity contribution in [3.63, 3.8) is 0 Å². The normalized spacial score (nSPS) is 20.6. The van der Waals surface area contributed by atoms with E-state index in [1.165, 1.54) is 4.90 Å². The van der Waals surface area contributed by atoms with E-state index in [0.717, 1.165) is 18.4 Å². The monoisotopic (exact) mass is 464 g/mol. The maximum atomic E-state index is 12.8. The average Bonchev–Trinajstić information content (AvgIpc) is 3.43. The predicted molar refractivity (Wildman–Crippen MR) is 121 cm³/mol. The number of hydrogen-bond donors (Lipinski definition) is 2. The Hall–Kier alpha value is -2.39. The molecule has 1 atom stereocenters. The summed E-state index contributed by atoms with van der Waals surface area (Å²) in [5.74, 6) is 0.411. The van der Waals surface area contributed by atoms with Crippen LogP contribution in [0.3, 0.4) is 0 Å². The zero-order chi connectivity index (χ0) is 23.6. The second kappa shape index (κ2) is 9.23. The number of urea groups is 1. The van der Waals surface area contributed by atoms with Gasteiger partial charge in [0, 0.05) is 12.0 Å². The van der Waals surface area contributed by atoms with Crippen LogP contribution in [0.4, 0.5) is 4.79 Å². The Morgan fingerprint density at radius 2 is 2.00 bits per heavy atom. The van der Waals surface area contributed by atoms with E-state index in [4.69, 9.17) is 4.74 Å². The zero-order valence-corrected chi connectivity index (χ0v) is 19.7. The van der Waals surface area contributed by atoms with Crippen molar-refractivity contribution >= 4 is 21.8 Å². The van der Waals surface area contributed by atoms with Crippen LogP contribution in [-0.2, 0) is 20.0 Å². The molecule has 1 unspecified atom stereocenters. The lowest BCUT2D eigenvalue weighted by Gasteiger charge is -2.20. The summed E-state index contributed by atoms with van der Waals surface area (Å²) in [5.41, 5.74) is -0.375. The minimum Gasteiger partial charge on any atom is -0.491 e. The van der Waals surface area contributed by atoms with E-state index in [1.54, 1.807) is 39.0 Å². The summed E-state index contributed by atoms with van der Waals surface area (Å²) in [6.45, 7) is 5.40. The van der Waals surface area contributed by atoms with Gasteiger partial charge in [-0.25, -0.2) is 13.2 Å². The number of allylic oxidation sites excluding steroid dienone is 1. The molecule has 176 valence electrons. The van der Waals surface area contributed by atoms with E-state index >= 15 is 0 Å². The lowest BCUT2D eigenvalue weighted by molar-refractivity contribution is -0.120. The van der Waals surface area contributed by atoms with Crippen LogP contribution < -0.4 is 10.1 Å². The number of sulfone groups is 1. The van der Waals surface area contributed by atoms with Crippen LogP contribution in [0.15, 0.2) is 36.4 Å². The molecule has 1 saturated carbocycles. The van der Waals surface area contributed by atoms with Crippen molar-refractivity contribution in [2.45, 2.75) is 57.1 Å². The van der Waals surface area contributed by atoms with Crippen molar-refractivity contribution in [3.05, 3.63) is 42.0 Å². The summed E-state index contributed by atoms with van der Waals surface area (Å²) in [5, 5.41) is 12.1. The van der Waals surface area contributed by atoms with Gasteiger partial charge in [-0.2, -0.15) is 0 Å². The number of benzene rings is 1. The lowest BCUT2D eigenvalue weighted by Crippen LogP contribution is -2.32. The summed E-state index contributed by atoms with van der Waals surface area (Å²) in [4.78, 5) is 24.6. The van der Waals surface area contributed by atoms with E-state index < -0.39 is 27.5 Å². The standard InChI is InChI=1S/C23H32N2O6S/c1-17-20(26)24-21(27)25(17)12-5-4-6-13-32(29,30)16-23(10-11-23)18-8-7-9-19(14-18)31-15-22(2,3)28/h4-5,7-9,14,17,28H,6,10-13,15-16H2,1-3H3,(H,24,26,27)/b5-4+. The SMILES string of the molecule is CC1C(=O)NC(=O)N1C/C=C/CCS(=O)(=O)CC1(c2cccc(OCC(C)(C)O)c2)CC1. The van der Waals surface area contributed by atoms with E-state index in [1.807, 2.05) is 18.2 Å². The molecular weight excluding hydrogens is 432 g/mol. The third-order valence-electron chi connectivity index (χ3n) is 5.79. The first-order valence-electron chi connectivity index (χ1n) is 10.8. The van der Waals surface area contributed by atoms with E-state index in [2.05, 4.69) is 5.32 Å². The molecule has 2 N–H and O–H groups in total. The fraction of sp³-hybridized carbons (Fsp3) is 0.565. The average molecular weight is 465 g/mol. The third-order valence-corrected chi connectivity index (χ3v) is 7.64. The van der Waals surface area contributed by atoms with Crippen LogP contribution in [0.5, 0.6) is 5.75 Å². The second-order valence-electron chi connectivity index (χ2n) is 9.38. The molecule has 32 heavy (non-hydrogen) atoms. The third kappa shape index (κ3) is 6.32. The molecule has 3 amide bonds. The quantitative estimate of drug-likeness (QED) is 0.383. The smallest absolute Gasteiger partial charge is 0.325 e. The van der Waals surface area contributed by atoms with Gasteiger partial charge < -0.3 is 14.7 Å². The van der Waals surface area contributed by atoms with Crippen LogP contribution in [0.1, 0.15) is 45.6 Å². The molecule has 0 bridgehead atoms. The van der Waals surface area contributed by atoms with Crippen LogP contribution in [0.25, 0.3) is 0 Å². The lowest BCUT2D eigenvalue weighted by atomic mass is 9.98. The molecule has 2 aliphatic rings. The summed E-state index contributed by atoms with van der Waals surface area (Å²) >= 11 is 0. The Morgan fingerprint density at radius 1 is 1.28 bits per heavy atom. The van der Waals surface area contributed by atoms with Crippen molar-refractivity contribution in [3.8, 4) is 5.75 Å². The zero-order valence-electron chi connectivity index (χ0n) is 18.8. The molecule has 0 aromatic heterocycles. The summed E-state index contributed by atoms with van der Waals surface area (Å²) in [6, 6.07) is 6.52. The topological polar surface area (TPSA) is 113 Å². The van der Waals surface area contributed by atoms with Gasteiger partial charge in [-0.1, -0.05) is 24.3 Å².